The van der Waals surface area contributed by atoms with Gasteiger partial charge in [-0.3, -0.25) is 4.90 Å². The van der Waals surface area contributed by atoms with E-state index < -0.39 is 5.09 Å². The number of benzene rings is 1. The fraction of sp³-hybridized carbons (Fsp3) is 0.500. The van der Waals surface area contributed by atoms with Crippen LogP contribution in [0.2, 0.25) is 0 Å². The second-order valence-electron chi connectivity index (χ2n) is 7.04. The summed E-state index contributed by atoms with van der Waals surface area (Å²) in [6, 6.07) is 3.94. The van der Waals surface area contributed by atoms with Crippen molar-refractivity contribution in [3.05, 3.63) is 45.0 Å². The SMILES string of the molecule is CO[C@H]1C=C2CCN(C)[C@H]2C2c3cc4c(cc3C(=O)O[C@@H]21)OCO4.O=[N+]([O-])O. The Labute approximate surface area is 160 Å². The third-order valence-corrected chi connectivity index (χ3v) is 5.64. The Balaban J connectivity index is 0.000000442. The molecule has 3 heterocycles. The van der Waals surface area contributed by atoms with E-state index in [1.165, 1.54) is 5.57 Å². The minimum absolute atomic E-state index is 0.0460. The Morgan fingerprint density at radius 1 is 1.32 bits per heavy atom. The summed E-state index contributed by atoms with van der Waals surface area (Å²) in [5.41, 5.74) is 2.93. The summed E-state index contributed by atoms with van der Waals surface area (Å²) in [5, 5.41) is 13.6. The van der Waals surface area contributed by atoms with Gasteiger partial charge in [0, 0.05) is 25.6 Å². The molecule has 0 bridgehead atoms. The summed E-state index contributed by atoms with van der Waals surface area (Å²) in [6.07, 6.45) is 2.64. The summed E-state index contributed by atoms with van der Waals surface area (Å²) in [6.45, 7) is 1.19. The molecule has 10 nitrogen and oxygen atoms in total. The molecule has 0 amide bonds. The number of hydrogen-bond acceptors (Lipinski definition) is 8. The molecule has 1 saturated heterocycles. The number of rotatable bonds is 1. The van der Waals surface area contributed by atoms with Crippen molar-refractivity contribution in [1.82, 2.24) is 4.90 Å². The van der Waals surface area contributed by atoms with E-state index in [1.807, 2.05) is 6.07 Å². The van der Waals surface area contributed by atoms with Gasteiger partial charge < -0.3 is 24.2 Å². The van der Waals surface area contributed by atoms with E-state index >= 15 is 0 Å². The number of likely N-dealkylation sites (tertiary alicyclic amines) is 1. The molecule has 1 aromatic carbocycles. The average molecular weight is 392 g/mol. The van der Waals surface area contributed by atoms with Crippen molar-refractivity contribution in [1.29, 1.82) is 0 Å². The van der Waals surface area contributed by atoms with E-state index in [1.54, 1.807) is 13.2 Å². The third-order valence-electron chi connectivity index (χ3n) is 5.64. The molecular formula is C18H20N2O8. The number of ether oxygens (including phenoxy) is 4. The van der Waals surface area contributed by atoms with Crippen LogP contribution in [0, 0.1) is 10.1 Å². The molecule has 0 spiro atoms. The maximum atomic E-state index is 12.6. The van der Waals surface area contributed by atoms with Crippen LogP contribution in [0.1, 0.15) is 28.3 Å². The van der Waals surface area contributed by atoms with E-state index in [2.05, 4.69) is 18.0 Å². The number of nitrogens with zero attached hydrogens (tertiary/aromatic N) is 2. The third kappa shape index (κ3) is 2.94. The standard InChI is InChI=1S/C18H19NO5.HNO3/c1-19-4-3-9-5-14(21-2)17-15(16(9)19)10-6-12-13(23-8-22-12)7-11(10)18(20)24-17;2-1(3)4/h5-7,14-17H,3-4,8H2,1-2H3;(H,2,3,4)/t14-,15?,16+,17+;/m0./s1. The minimum Gasteiger partial charge on any atom is -0.455 e. The Morgan fingerprint density at radius 3 is 2.68 bits per heavy atom. The smallest absolute Gasteiger partial charge is 0.338 e. The largest absolute Gasteiger partial charge is 0.455 e. The molecule has 1 aromatic rings. The summed E-state index contributed by atoms with van der Waals surface area (Å²) < 4.78 is 22.4. The van der Waals surface area contributed by atoms with Gasteiger partial charge in [-0.1, -0.05) is 11.6 Å². The number of likely N-dealkylation sites (N-methyl/N-ethyl adjacent to an activating group) is 1. The highest BCUT2D eigenvalue weighted by Gasteiger charge is 2.51. The van der Waals surface area contributed by atoms with Crippen LogP contribution >= 0.6 is 0 Å². The van der Waals surface area contributed by atoms with Crippen LogP contribution in [0.25, 0.3) is 0 Å². The Hall–Kier alpha value is -2.85. The molecule has 1 N–H and O–H groups in total. The number of hydrogen-bond donors (Lipinski definition) is 1. The first-order valence-electron chi connectivity index (χ1n) is 8.82. The maximum absolute atomic E-state index is 12.6. The molecule has 1 fully saturated rings. The topological polar surface area (TPSA) is 121 Å². The molecule has 4 aliphatic rings. The zero-order chi connectivity index (χ0) is 20.0. The predicted octanol–water partition coefficient (Wildman–Crippen LogP) is 1.35. The predicted molar refractivity (Wildman–Crippen MR) is 93.2 cm³/mol. The number of carbonyl (C=O) groups is 1. The number of methoxy groups -OCH3 is 1. The Kier molecular flexibility index (Phi) is 4.60. The molecule has 4 atom stereocenters. The fourth-order valence-electron chi connectivity index (χ4n) is 4.54. The lowest BCUT2D eigenvalue weighted by Crippen LogP contribution is -2.51. The van der Waals surface area contributed by atoms with Crippen LogP contribution in [0.3, 0.4) is 0 Å². The van der Waals surface area contributed by atoms with Crippen molar-refractivity contribution in [2.24, 2.45) is 0 Å². The summed E-state index contributed by atoms with van der Waals surface area (Å²) in [7, 11) is 3.79. The molecule has 10 heteroatoms. The number of esters is 1. The molecule has 3 aliphatic heterocycles. The molecule has 5 rings (SSSR count). The van der Waals surface area contributed by atoms with E-state index in [9.17, 15) is 4.79 Å². The fourth-order valence-corrected chi connectivity index (χ4v) is 4.54. The van der Waals surface area contributed by atoms with Gasteiger partial charge in [0.2, 0.25) is 6.79 Å². The van der Waals surface area contributed by atoms with Crippen LogP contribution in [-0.2, 0) is 9.47 Å². The lowest BCUT2D eigenvalue weighted by molar-refractivity contribution is -0.742. The number of carbonyl (C=O) groups excluding carboxylic acids is 1. The first kappa shape index (κ1) is 18.5. The quantitative estimate of drug-likeness (QED) is 0.327. The Bertz CT molecular complexity index is 850. The first-order valence-corrected chi connectivity index (χ1v) is 8.82. The van der Waals surface area contributed by atoms with Crippen molar-refractivity contribution in [3.8, 4) is 11.5 Å². The molecule has 0 radical (unpaired) electrons. The zero-order valence-electron chi connectivity index (χ0n) is 15.4. The van der Waals surface area contributed by atoms with Crippen molar-refractivity contribution < 1.29 is 34.0 Å². The van der Waals surface area contributed by atoms with Gasteiger partial charge in [0.25, 0.3) is 5.09 Å². The van der Waals surface area contributed by atoms with Crippen LogP contribution < -0.4 is 9.47 Å². The average Bonchev–Trinajstić information content (AvgIpc) is 3.25. The van der Waals surface area contributed by atoms with Gasteiger partial charge in [0.05, 0.1) is 5.56 Å². The van der Waals surface area contributed by atoms with Crippen molar-refractivity contribution in [2.75, 3.05) is 27.5 Å². The lowest BCUT2D eigenvalue weighted by Gasteiger charge is -2.44. The second-order valence-corrected chi connectivity index (χ2v) is 7.04. The van der Waals surface area contributed by atoms with Gasteiger partial charge in [0.1, 0.15) is 12.2 Å². The summed E-state index contributed by atoms with van der Waals surface area (Å²) in [4.78, 5) is 23.3. The Morgan fingerprint density at radius 2 is 2.00 bits per heavy atom. The van der Waals surface area contributed by atoms with Gasteiger partial charge >= 0.3 is 5.97 Å². The van der Waals surface area contributed by atoms with Gasteiger partial charge in [-0.05, 0) is 31.2 Å². The van der Waals surface area contributed by atoms with Gasteiger partial charge in [-0.2, -0.15) is 0 Å². The van der Waals surface area contributed by atoms with Crippen LogP contribution in [0.15, 0.2) is 23.8 Å². The van der Waals surface area contributed by atoms with Gasteiger partial charge in [-0.15, -0.1) is 10.1 Å². The molecule has 0 saturated carbocycles. The summed E-state index contributed by atoms with van der Waals surface area (Å²) in [5.74, 6) is 1.04. The van der Waals surface area contributed by atoms with Crippen molar-refractivity contribution in [3.63, 3.8) is 0 Å². The van der Waals surface area contributed by atoms with Gasteiger partial charge in [0.15, 0.2) is 11.5 Å². The monoisotopic (exact) mass is 392 g/mol. The van der Waals surface area contributed by atoms with Crippen molar-refractivity contribution in [2.45, 2.75) is 30.6 Å². The normalized spacial score (nSPS) is 29.5. The highest BCUT2D eigenvalue weighted by Crippen LogP contribution is 2.49. The van der Waals surface area contributed by atoms with Crippen LogP contribution in [0.5, 0.6) is 11.5 Å². The molecule has 1 unspecified atom stereocenters. The second kappa shape index (κ2) is 6.95. The van der Waals surface area contributed by atoms with E-state index in [0.29, 0.717) is 17.1 Å². The molecule has 0 aromatic heterocycles. The molecule has 28 heavy (non-hydrogen) atoms. The molecular weight excluding hydrogens is 372 g/mol. The van der Waals surface area contributed by atoms with E-state index in [-0.39, 0.29) is 36.9 Å². The van der Waals surface area contributed by atoms with E-state index in [0.717, 1.165) is 18.5 Å². The zero-order valence-corrected chi connectivity index (χ0v) is 15.4. The van der Waals surface area contributed by atoms with Crippen LogP contribution in [0.4, 0.5) is 0 Å². The summed E-state index contributed by atoms with van der Waals surface area (Å²) >= 11 is 0. The molecule has 1 aliphatic carbocycles. The molecule has 150 valence electrons. The van der Waals surface area contributed by atoms with Crippen molar-refractivity contribution >= 4 is 5.97 Å². The lowest BCUT2D eigenvalue weighted by atomic mass is 9.73. The maximum Gasteiger partial charge on any atom is 0.338 e. The van der Waals surface area contributed by atoms with Crippen LogP contribution in [-0.4, -0.2) is 66.9 Å². The highest BCUT2D eigenvalue weighted by molar-refractivity contribution is 5.94. The highest BCUT2D eigenvalue weighted by atomic mass is 16.9. The van der Waals surface area contributed by atoms with Gasteiger partial charge in [-0.25, -0.2) is 4.79 Å². The number of fused-ring (bicyclic) bond motifs is 6. The first-order chi connectivity index (χ1) is 13.4. The minimum atomic E-state index is -1.50. The van der Waals surface area contributed by atoms with E-state index in [4.69, 9.17) is 34.3 Å².